The second kappa shape index (κ2) is 4.81. The molecule has 11 heteroatoms. The van der Waals surface area contributed by atoms with Gasteiger partial charge < -0.3 is 30.0 Å². The van der Waals surface area contributed by atoms with Crippen LogP contribution in [0.25, 0.3) is 0 Å². The SMILES string of the molecule is O=C(O)[C@H]1O[C@@H](On2ncnn2)[C@H](O)[C@@H](O)[C@@H]1O. The molecule has 0 bridgehead atoms. The predicted octanol–water partition coefficient (Wildman–Crippen LogP) is -4.01. The maximum atomic E-state index is 10.8. The van der Waals surface area contributed by atoms with Gasteiger partial charge in [-0.3, -0.25) is 0 Å². The van der Waals surface area contributed by atoms with Gasteiger partial charge in [-0.1, -0.05) is 0 Å². The van der Waals surface area contributed by atoms with E-state index in [2.05, 4.69) is 15.4 Å². The summed E-state index contributed by atoms with van der Waals surface area (Å²) in [5, 5.41) is 47.3. The summed E-state index contributed by atoms with van der Waals surface area (Å²) in [5.74, 6) is -1.51. The minimum atomic E-state index is -1.78. The van der Waals surface area contributed by atoms with Crippen LogP contribution in [0.4, 0.5) is 0 Å². The van der Waals surface area contributed by atoms with E-state index in [-0.39, 0.29) is 0 Å². The molecular formula is C7H10N4O7. The van der Waals surface area contributed by atoms with Crippen LogP contribution in [-0.4, -0.2) is 77.5 Å². The van der Waals surface area contributed by atoms with Crippen LogP contribution >= 0.6 is 0 Å². The molecule has 11 nitrogen and oxygen atoms in total. The first-order valence-electron chi connectivity index (χ1n) is 4.83. The van der Waals surface area contributed by atoms with Crippen LogP contribution in [0.5, 0.6) is 0 Å². The summed E-state index contributed by atoms with van der Waals surface area (Å²) in [6.07, 6.45) is -7.44. The highest BCUT2D eigenvalue weighted by Crippen LogP contribution is 2.20. The van der Waals surface area contributed by atoms with Crippen molar-refractivity contribution < 1.29 is 34.8 Å². The third kappa shape index (κ3) is 2.24. The van der Waals surface area contributed by atoms with Gasteiger partial charge in [0.2, 0.25) is 0 Å². The number of aromatic nitrogens is 4. The average Bonchev–Trinajstić information content (AvgIpc) is 2.82. The molecule has 0 unspecified atom stereocenters. The highest BCUT2D eigenvalue weighted by molar-refractivity contribution is 5.73. The van der Waals surface area contributed by atoms with Gasteiger partial charge in [0, 0.05) is 4.96 Å². The molecule has 0 spiro atoms. The van der Waals surface area contributed by atoms with E-state index in [9.17, 15) is 20.1 Å². The Morgan fingerprint density at radius 2 is 2.00 bits per heavy atom. The lowest BCUT2D eigenvalue weighted by Crippen LogP contribution is -2.62. The lowest BCUT2D eigenvalue weighted by molar-refractivity contribution is -0.300. The monoisotopic (exact) mass is 262 g/mol. The smallest absolute Gasteiger partial charge is 0.335 e. The van der Waals surface area contributed by atoms with E-state index >= 15 is 0 Å². The van der Waals surface area contributed by atoms with Gasteiger partial charge in [-0.15, -0.1) is 10.2 Å². The number of rotatable bonds is 3. The van der Waals surface area contributed by atoms with Gasteiger partial charge in [-0.05, 0) is 5.21 Å². The number of aliphatic hydroxyl groups is 3. The van der Waals surface area contributed by atoms with Crippen LogP contribution in [0.15, 0.2) is 6.33 Å². The van der Waals surface area contributed by atoms with Crippen LogP contribution in [0.1, 0.15) is 0 Å². The molecule has 1 aliphatic heterocycles. The topological polar surface area (TPSA) is 160 Å². The first kappa shape index (κ1) is 12.6. The Kier molecular flexibility index (Phi) is 3.38. The van der Waals surface area contributed by atoms with Crippen LogP contribution in [-0.2, 0) is 9.53 Å². The molecule has 2 heterocycles. The van der Waals surface area contributed by atoms with Crippen molar-refractivity contribution in [1.29, 1.82) is 0 Å². The second-order valence-corrected chi connectivity index (χ2v) is 3.53. The van der Waals surface area contributed by atoms with Crippen molar-refractivity contribution in [2.24, 2.45) is 0 Å². The van der Waals surface area contributed by atoms with Gasteiger partial charge in [-0.2, -0.15) is 0 Å². The maximum absolute atomic E-state index is 10.8. The van der Waals surface area contributed by atoms with E-state index in [1.807, 2.05) is 0 Å². The molecule has 0 aliphatic carbocycles. The Bertz CT molecular complexity index is 412. The molecule has 2 rings (SSSR count). The second-order valence-electron chi connectivity index (χ2n) is 3.53. The number of carbonyl (C=O) groups is 1. The van der Waals surface area contributed by atoms with E-state index in [0.717, 1.165) is 6.33 Å². The Morgan fingerprint density at radius 1 is 1.28 bits per heavy atom. The fourth-order valence-corrected chi connectivity index (χ4v) is 1.44. The Hall–Kier alpha value is -1.82. The minimum absolute atomic E-state index is 0.581. The lowest BCUT2D eigenvalue weighted by atomic mass is 9.99. The zero-order valence-corrected chi connectivity index (χ0v) is 8.77. The van der Waals surface area contributed by atoms with Crippen LogP contribution in [0.2, 0.25) is 0 Å². The molecule has 0 saturated carbocycles. The van der Waals surface area contributed by atoms with Gasteiger partial charge in [-0.25, -0.2) is 4.79 Å². The van der Waals surface area contributed by atoms with Crippen molar-refractivity contribution in [2.75, 3.05) is 0 Å². The Balaban J connectivity index is 2.12. The van der Waals surface area contributed by atoms with Crippen molar-refractivity contribution in [2.45, 2.75) is 30.7 Å². The zero-order chi connectivity index (χ0) is 13.3. The van der Waals surface area contributed by atoms with E-state index in [4.69, 9.17) is 14.7 Å². The first-order valence-corrected chi connectivity index (χ1v) is 4.83. The number of aliphatic hydroxyl groups excluding tert-OH is 3. The quantitative estimate of drug-likeness (QED) is 0.422. The lowest BCUT2D eigenvalue weighted by Gasteiger charge is -2.37. The highest BCUT2D eigenvalue weighted by atomic mass is 16.8. The summed E-state index contributed by atoms with van der Waals surface area (Å²) in [4.78, 5) is 16.2. The van der Waals surface area contributed by atoms with Crippen molar-refractivity contribution in [1.82, 2.24) is 20.4 Å². The molecule has 0 aromatic carbocycles. The summed E-state index contributed by atoms with van der Waals surface area (Å²) in [6.45, 7) is 0. The van der Waals surface area contributed by atoms with E-state index in [1.165, 1.54) is 0 Å². The van der Waals surface area contributed by atoms with Crippen LogP contribution in [0.3, 0.4) is 0 Å². The number of carboxylic acid groups (broad SMARTS) is 1. The Morgan fingerprint density at radius 3 is 2.56 bits per heavy atom. The van der Waals surface area contributed by atoms with E-state index < -0.39 is 36.7 Å². The molecule has 0 amide bonds. The van der Waals surface area contributed by atoms with Gasteiger partial charge in [0.05, 0.1) is 0 Å². The number of aliphatic carboxylic acids is 1. The number of hydrogen-bond donors (Lipinski definition) is 4. The highest BCUT2D eigenvalue weighted by Gasteiger charge is 2.48. The molecule has 18 heavy (non-hydrogen) atoms. The van der Waals surface area contributed by atoms with Gasteiger partial charge in [0.15, 0.2) is 12.4 Å². The zero-order valence-electron chi connectivity index (χ0n) is 8.77. The van der Waals surface area contributed by atoms with Crippen molar-refractivity contribution in [3.8, 4) is 0 Å². The normalized spacial score (nSPS) is 36.3. The molecule has 1 aromatic heterocycles. The number of hydrogen-bond acceptors (Lipinski definition) is 9. The standard InChI is InChI=1S/C7H10N4O7/c12-2-3(13)5(6(15)16)17-7(4(2)14)18-11-9-1-8-10-11/h1-5,7,12-14H,(H,15,16)/t2-,3-,4+,5-,7-/m0/s1. The van der Waals surface area contributed by atoms with Gasteiger partial charge >= 0.3 is 5.97 Å². The number of ether oxygens (including phenoxy) is 1. The summed E-state index contributed by atoms with van der Waals surface area (Å²) in [5.41, 5.74) is 0. The largest absolute Gasteiger partial charge is 0.479 e. The molecular weight excluding hydrogens is 252 g/mol. The maximum Gasteiger partial charge on any atom is 0.335 e. The molecule has 1 fully saturated rings. The molecule has 1 aliphatic rings. The van der Waals surface area contributed by atoms with Crippen molar-refractivity contribution in [3.63, 3.8) is 0 Å². The third-order valence-electron chi connectivity index (χ3n) is 2.34. The van der Waals surface area contributed by atoms with Crippen LogP contribution in [0, 0.1) is 0 Å². The summed E-state index contributed by atoms with van der Waals surface area (Å²) in [7, 11) is 0. The first-order chi connectivity index (χ1) is 8.50. The molecule has 1 saturated heterocycles. The number of nitrogens with zero attached hydrogens (tertiary/aromatic N) is 4. The summed E-state index contributed by atoms with van der Waals surface area (Å²) in [6, 6.07) is 0. The molecule has 1 aromatic rings. The van der Waals surface area contributed by atoms with Gasteiger partial charge in [0.1, 0.15) is 18.3 Å². The van der Waals surface area contributed by atoms with Crippen molar-refractivity contribution >= 4 is 5.97 Å². The number of tetrazole rings is 1. The van der Waals surface area contributed by atoms with Crippen molar-refractivity contribution in [3.05, 3.63) is 6.33 Å². The van der Waals surface area contributed by atoms with E-state index in [1.54, 1.807) is 0 Å². The van der Waals surface area contributed by atoms with E-state index in [0.29, 0.717) is 4.96 Å². The molecule has 5 atom stereocenters. The fraction of sp³-hybridized carbons (Fsp3) is 0.714. The molecule has 100 valence electrons. The van der Waals surface area contributed by atoms with Gasteiger partial charge in [0.25, 0.3) is 6.29 Å². The fourth-order valence-electron chi connectivity index (χ4n) is 1.44. The number of carboxylic acids is 1. The average molecular weight is 262 g/mol. The summed E-state index contributed by atoms with van der Waals surface area (Å²) < 4.78 is 4.81. The molecule has 4 N–H and O–H groups in total. The third-order valence-corrected chi connectivity index (χ3v) is 2.34. The molecule has 0 radical (unpaired) electrons. The minimum Gasteiger partial charge on any atom is -0.479 e. The predicted molar refractivity (Wildman–Crippen MR) is 48.7 cm³/mol. The van der Waals surface area contributed by atoms with Crippen LogP contribution < -0.4 is 4.84 Å². The Labute approximate surface area is 99.1 Å². The summed E-state index contributed by atoms with van der Waals surface area (Å²) >= 11 is 0.